The van der Waals surface area contributed by atoms with Crippen LogP contribution >= 0.6 is 0 Å². The fourth-order valence-electron chi connectivity index (χ4n) is 4.15. The highest BCUT2D eigenvalue weighted by molar-refractivity contribution is 6.22. The number of fused-ring (bicyclic) bond motifs is 4. The normalized spacial score (nSPS) is 32.8. The summed E-state index contributed by atoms with van der Waals surface area (Å²) in [7, 11) is 0. The number of nitrogens with zero attached hydrogens (tertiary/aromatic N) is 2. The van der Waals surface area contributed by atoms with Gasteiger partial charge in [0.15, 0.2) is 0 Å². The summed E-state index contributed by atoms with van der Waals surface area (Å²) >= 11 is 0. The van der Waals surface area contributed by atoms with Crippen molar-refractivity contribution in [3.05, 3.63) is 42.0 Å². The third-order valence-electron chi connectivity index (χ3n) is 5.25. The number of hydrogen-bond donors (Lipinski definition) is 0. The van der Waals surface area contributed by atoms with Gasteiger partial charge in [-0.2, -0.15) is 5.26 Å². The molecule has 2 aliphatic carbocycles. The second kappa shape index (κ2) is 4.81. The highest BCUT2D eigenvalue weighted by Gasteiger charge is 2.52. The van der Waals surface area contributed by atoms with E-state index in [9.17, 15) is 9.59 Å². The maximum Gasteiger partial charge on any atom is 0.238 e. The molecule has 1 aromatic rings. The number of anilines is 1. The molecule has 1 aliphatic heterocycles. The SMILES string of the molecule is N#Cc1ccc(N2C(=O)C3CCC4C=CC(C4)C3C2=O)cc1. The van der Waals surface area contributed by atoms with Crippen molar-refractivity contribution in [2.45, 2.75) is 19.3 Å². The molecule has 22 heavy (non-hydrogen) atoms. The van der Waals surface area contributed by atoms with Crippen LogP contribution in [-0.2, 0) is 9.59 Å². The fourth-order valence-corrected chi connectivity index (χ4v) is 4.15. The third kappa shape index (κ3) is 1.82. The van der Waals surface area contributed by atoms with Gasteiger partial charge in [0, 0.05) is 0 Å². The first-order chi connectivity index (χ1) is 10.7. The second-order valence-electron chi connectivity index (χ2n) is 6.42. The van der Waals surface area contributed by atoms with Gasteiger partial charge in [-0.15, -0.1) is 0 Å². The van der Waals surface area contributed by atoms with Crippen LogP contribution < -0.4 is 4.90 Å². The molecule has 4 atom stereocenters. The van der Waals surface area contributed by atoms with Gasteiger partial charge in [0.25, 0.3) is 0 Å². The summed E-state index contributed by atoms with van der Waals surface area (Å²) in [6.07, 6.45) is 7.14. The number of hydrogen-bond acceptors (Lipinski definition) is 3. The Balaban J connectivity index is 1.70. The highest BCUT2D eigenvalue weighted by atomic mass is 16.2. The number of nitriles is 1. The number of amides is 2. The van der Waals surface area contributed by atoms with Crippen LogP contribution in [0.25, 0.3) is 0 Å². The Bertz CT molecular complexity index is 714. The minimum Gasteiger partial charge on any atom is -0.274 e. The standard InChI is InChI=1S/C18H16N2O2/c19-10-12-2-6-14(7-3-12)20-17(21)15-8-4-11-1-5-13(9-11)16(15)18(20)22/h1-3,5-7,11,13,15-16H,4,8-9H2. The van der Waals surface area contributed by atoms with Crippen LogP contribution in [0.2, 0.25) is 0 Å². The topological polar surface area (TPSA) is 61.2 Å². The van der Waals surface area contributed by atoms with Crippen LogP contribution in [0.1, 0.15) is 24.8 Å². The molecule has 4 nitrogen and oxygen atoms in total. The molecule has 110 valence electrons. The molecular weight excluding hydrogens is 276 g/mol. The maximum atomic E-state index is 12.9. The maximum absolute atomic E-state index is 12.9. The zero-order chi connectivity index (χ0) is 15.3. The molecule has 4 rings (SSSR count). The van der Waals surface area contributed by atoms with Gasteiger partial charge in [-0.05, 0) is 55.4 Å². The largest absolute Gasteiger partial charge is 0.274 e. The van der Waals surface area contributed by atoms with Gasteiger partial charge in [-0.1, -0.05) is 12.2 Å². The lowest BCUT2D eigenvalue weighted by Gasteiger charge is -2.18. The van der Waals surface area contributed by atoms with Crippen molar-refractivity contribution in [1.82, 2.24) is 0 Å². The van der Waals surface area contributed by atoms with Crippen molar-refractivity contribution >= 4 is 17.5 Å². The number of carbonyl (C=O) groups excluding carboxylic acids is 2. The van der Waals surface area contributed by atoms with Gasteiger partial charge < -0.3 is 0 Å². The molecule has 1 aromatic carbocycles. The van der Waals surface area contributed by atoms with E-state index in [1.807, 2.05) is 6.07 Å². The molecule has 0 aromatic heterocycles. The zero-order valence-corrected chi connectivity index (χ0v) is 12.1. The van der Waals surface area contributed by atoms with E-state index in [1.54, 1.807) is 24.3 Å². The quantitative estimate of drug-likeness (QED) is 0.590. The van der Waals surface area contributed by atoms with Crippen molar-refractivity contribution in [2.24, 2.45) is 23.7 Å². The molecule has 2 amide bonds. The summed E-state index contributed by atoms with van der Waals surface area (Å²) in [5, 5.41) is 8.86. The minimum atomic E-state index is -0.202. The van der Waals surface area contributed by atoms with Crippen LogP contribution in [0.5, 0.6) is 0 Å². The Hall–Kier alpha value is -2.41. The van der Waals surface area contributed by atoms with Crippen molar-refractivity contribution < 1.29 is 9.59 Å². The molecule has 1 heterocycles. The van der Waals surface area contributed by atoms with E-state index >= 15 is 0 Å². The molecule has 4 unspecified atom stereocenters. The summed E-state index contributed by atoms with van der Waals surface area (Å²) in [6.45, 7) is 0. The summed E-state index contributed by atoms with van der Waals surface area (Å²) in [6, 6.07) is 8.72. The zero-order valence-electron chi connectivity index (χ0n) is 12.1. The van der Waals surface area contributed by atoms with Crippen molar-refractivity contribution in [1.29, 1.82) is 5.26 Å². The van der Waals surface area contributed by atoms with Crippen LogP contribution in [0.15, 0.2) is 36.4 Å². The molecule has 2 bridgehead atoms. The molecule has 0 N–H and O–H groups in total. The first kappa shape index (κ1) is 13.3. The van der Waals surface area contributed by atoms with Crippen LogP contribution in [0.3, 0.4) is 0 Å². The number of carbonyl (C=O) groups is 2. The average molecular weight is 292 g/mol. The van der Waals surface area contributed by atoms with Crippen LogP contribution in [0, 0.1) is 35.0 Å². The fraction of sp³-hybridized carbons (Fsp3) is 0.389. The molecule has 1 saturated heterocycles. The number of benzene rings is 1. The lowest BCUT2D eigenvalue weighted by atomic mass is 9.83. The van der Waals surface area contributed by atoms with Crippen molar-refractivity contribution in [2.75, 3.05) is 4.90 Å². The summed E-state index contributed by atoms with van der Waals surface area (Å²) in [5.74, 6) is 0.226. The van der Waals surface area contributed by atoms with Gasteiger partial charge in [-0.3, -0.25) is 14.5 Å². The van der Waals surface area contributed by atoms with Gasteiger partial charge >= 0.3 is 0 Å². The Morgan fingerprint density at radius 3 is 2.55 bits per heavy atom. The summed E-state index contributed by atoms with van der Waals surface area (Å²) in [4.78, 5) is 26.9. The van der Waals surface area contributed by atoms with E-state index in [0.717, 1.165) is 19.3 Å². The van der Waals surface area contributed by atoms with Crippen molar-refractivity contribution in [3.63, 3.8) is 0 Å². The van der Waals surface area contributed by atoms with Crippen LogP contribution in [0.4, 0.5) is 5.69 Å². The third-order valence-corrected chi connectivity index (χ3v) is 5.25. The summed E-state index contributed by atoms with van der Waals surface area (Å²) in [5.41, 5.74) is 1.11. The lowest BCUT2D eigenvalue weighted by molar-refractivity contribution is -0.122. The Kier molecular flexibility index (Phi) is 2.90. The lowest BCUT2D eigenvalue weighted by Crippen LogP contribution is -2.32. The molecule has 2 fully saturated rings. The molecule has 0 spiro atoms. The predicted molar refractivity (Wildman–Crippen MR) is 80.6 cm³/mol. The number of allylic oxidation sites excluding steroid dienone is 2. The van der Waals surface area contributed by atoms with E-state index in [1.165, 1.54) is 4.90 Å². The predicted octanol–water partition coefficient (Wildman–Crippen LogP) is 2.65. The van der Waals surface area contributed by atoms with E-state index in [2.05, 4.69) is 12.2 Å². The summed E-state index contributed by atoms with van der Waals surface area (Å²) < 4.78 is 0. The van der Waals surface area contributed by atoms with E-state index in [-0.39, 0.29) is 29.6 Å². The van der Waals surface area contributed by atoms with Gasteiger partial charge in [-0.25, -0.2) is 0 Å². The smallest absolute Gasteiger partial charge is 0.238 e. The van der Waals surface area contributed by atoms with E-state index < -0.39 is 0 Å². The first-order valence-corrected chi connectivity index (χ1v) is 7.75. The molecular formula is C18H16N2O2. The molecule has 4 heteroatoms. The van der Waals surface area contributed by atoms with Crippen molar-refractivity contribution in [3.8, 4) is 6.07 Å². The number of imide groups is 1. The Morgan fingerprint density at radius 1 is 1.05 bits per heavy atom. The second-order valence-corrected chi connectivity index (χ2v) is 6.42. The Morgan fingerprint density at radius 2 is 1.82 bits per heavy atom. The monoisotopic (exact) mass is 292 g/mol. The van der Waals surface area contributed by atoms with Gasteiger partial charge in [0.1, 0.15) is 0 Å². The molecule has 1 saturated carbocycles. The molecule has 0 radical (unpaired) electrons. The van der Waals surface area contributed by atoms with Gasteiger partial charge in [0.05, 0.1) is 29.2 Å². The Labute approximate surface area is 129 Å². The molecule has 3 aliphatic rings. The van der Waals surface area contributed by atoms with Gasteiger partial charge in [0.2, 0.25) is 11.8 Å². The number of rotatable bonds is 1. The average Bonchev–Trinajstić information content (AvgIpc) is 3.00. The minimum absolute atomic E-state index is 0.0688. The highest BCUT2D eigenvalue weighted by Crippen LogP contribution is 2.47. The van der Waals surface area contributed by atoms with E-state index in [4.69, 9.17) is 5.26 Å². The van der Waals surface area contributed by atoms with E-state index in [0.29, 0.717) is 17.2 Å². The first-order valence-electron chi connectivity index (χ1n) is 7.75. The van der Waals surface area contributed by atoms with Crippen LogP contribution in [-0.4, -0.2) is 11.8 Å².